The largest absolute Gasteiger partial charge is 0.307 e. The second kappa shape index (κ2) is 7.42. The van der Waals surface area contributed by atoms with E-state index in [1.165, 1.54) is 63.6 Å². The van der Waals surface area contributed by atoms with Gasteiger partial charge in [0.1, 0.15) is 0 Å². The molecule has 3 rings (SSSR count). The second-order valence-corrected chi connectivity index (χ2v) is 6.83. The summed E-state index contributed by atoms with van der Waals surface area (Å²) in [5.41, 5.74) is 1.47. The summed E-state index contributed by atoms with van der Waals surface area (Å²) in [6.45, 7) is 4.94. The van der Waals surface area contributed by atoms with Gasteiger partial charge in [-0.25, -0.2) is 0 Å². The molecule has 2 nitrogen and oxygen atoms in total. The van der Waals surface area contributed by atoms with E-state index < -0.39 is 0 Å². The van der Waals surface area contributed by atoms with Gasteiger partial charge in [-0.3, -0.25) is 0 Å². The summed E-state index contributed by atoms with van der Waals surface area (Å²) in [5, 5.41) is 3.99. The first kappa shape index (κ1) is 15.1. The maximum atomic E-state index is 3.99. The lowest BCUT2D eigenvalue weighted by Crippen LogP contribution is -2.46. The highest BCUT2D eigenvalue weighted by Gasteiger charge is 2.32. The van der Waals surface area contributed by atoms with Gasteiger partial charge in [0.15, 0.2) is 0 Å². The Morgan fingerprint density at radius 3 is 2.86 bits per heavy atom. The van der Waals surface area contributed by atoms with Crippen molar-refractivity contribution in [2.45, 2.75) is 70.0 Å². The average molecular weight is 286 g/mol. The fourth-order valence-electron chi connectivity index (χ4n) is 4.10. The molecule has 3 unspecified atom stereocenters. The first-order valence-corrected chi connectivity index (χ1v) is 8.92. The van der Waals surface area contributed by atoms with E-state index in [-0.39, 0.29) is 0 Å². The molecule has 2 aliphatic heterocycles. The third kappa shape index (κ3) is 3.87. The molecule has 21 heavy (non-hydrogen) atoms. The number of unbranched alkanes of at least 4 members (excludes halogenated alkanes) is 1. The van der Waals surface area contributed by atoms with Gasteiger partial charge in [0.25, 0.3) is 0 Å². The maximum absolute atomic E-state index is 3.99. The van der Waals surface area contributed by atoms with Crippen LogP contribution in [0.25, 0.3) is 0 Å². The van der Waals surface area contributed by atoms with Crippen molar-refractivity contribution in [2.75, 3.05) is 13.1 Å². The van der Waals surface area contributed by atoms with Crippen molar-refractivity contribution in [2.24, 2.45) is 0 Å². The number of hydrogen-bond acceptors (Lipinski definition) is 2. The maximum Gasteiger partial charge on any atom is 0.0322 e. The van der Waals surface area contributed by atoms with Crippen LogP contribution in [0.2, 0.25) is 0 Å². The molecule has 0 saturated carbocycles. The third-order valence-electron chi connectivity index (χ3n) is 5.31. The van der Waals surface area contributed by atoms with Crippen LogP contribution >= 0.6 is 0 Å². The first-order chi connectivity index (χ1) is 10.4. The van der Waals surface area contributed by atoms with E-state index in [1.807, 2.05) is 0 Å². The number of nitrogens with one attached hydrogen (secondary N) is 1. The molecule has 2 fully saturated rings. The Bertz CT molecular complexity index is 417. The zero-order valence-corrected chi connectivity index (χ0v) is 13.4. The van der Waals surface area contributed by atoms with Gasteiger partial charge >= 0.3 is 0 Å². The number of rotatable bonds is 6. The van der Waals surface area contributed by atoms with Crippen molar-refractivity contribution in [3.63, 3.8) is 0 Å². The highest BCUT2D eigenvalue weighted by Crippen LogP contribution is 2.29. The van der Waals surface area contributed by atoms with E-state index in [0.29, 0.717) is 12.1 Å². The smallest absolute Gasteiger partial charge is 0.0322 e. The van der Waals surface area contributed by atoms with Gasteiger partial charge in [-0.1, -0.05) is 50.1 Å². The molecular formula is C19H30N2. The summed E-state index contributed by atoms with van der Waals surface area (Å²) in [6.07, 6.45) is 9.38. The molecule has 2 aliphatic rings. The molecular weight excluding hydrogens is 256 g/mol. The van der Waals surface area contributed by atoms with E-state index in [9.17, 15) is 0 Å². The molecule has 0 spiro atoms. The molecule has 0 aliphatic carbocycles. The summed E-state index contributed by atoms with van der Waals surface area (Å²) in [4.78, 5) is 2.71. The molecule has 116 valence electrons. The molecule has 2 heterocycles. The molecule has 0 aromatic heterocycles. The quantitative estimate of drug-likeness (QED) is 0.845. The fourth-order valence-corrected chi connectivity index (χ4v) is 4.10. The van der Waals surface area contributed by atoms with Crippen molar-refractivity contribution < 1.29 is 0 Å². The third-order valence-corrected chi connectivity index (χ3v) is 5.31. The highest BCUT2D eigenvalue weighted by molar-refractivity contribution is 5.19. The Kier molecular flexibility index (Phi) is 5.32. The van der Waals surface area contributed by atoms with Gasteiger partial charge in [0, 0.05) is 18.1 Å². The van der Waals surface area contributed by atoms with E-state index in [1.54, 1.807) is 0 Å². The van der Waals surface area contributed by atoms with Gasteiger partial charge in [-0.15, -0.1) is 0 Å². The van der Waals surface area contributed by atoms with E-state index in [4.69, 9.17) is 0 Å². The topological polar surface area (TPSA) is 15.3 Å². The predicted molar refractivity (Wildman–Crippen MR) is 89.5 cm³/mol. The van der Waals surface area contributed by atoms with Gasteiger partial charge in [-0.2, -0.15) is 0 Å². The monoisotopic (exact) mass is 286 g/mol. The van der Waals surface area contributed by atoms with Crippen LogP contribution in [-0.2, 0) is 0 Å². The van der Waals surface area contributed by atoms with Crippen LogP contribution in [-0.4, -0.2) is 30.1 Å². The predicted octanol–water partition coefficient (Wildman–Crippen LogP) is 4.13. The van der Waals surface area contributed by atoms with Crippen molar-refractivity contribution in [3.8, 4) is 0 Å². The minimum atomic E-state index is 0.545. The number of hydrogen-bond donors (Lipinski definition) is 1. The summed E-state index contributed by atoms with van der Waals surface area (Å²) < 4.78 is 0. The minimum Gasteiger partial charge on any atom is -0.307 e. The molecule has 2 heteroatoms. The van der Waals surface area contributed by atoms with Crippen molar-refractivity contribution in [1.29, 1.82) is 0 Å². The van der Waals surface area contributed by atoms with E-state index in [2.05, 4.69) is 47.5 Å². The molecule has 1 aromatic rings. The van der Waals surface area contributed by atoms with Crippen molar-refractivity contribution >= 4 is 0 Å². The lowest BCUT2D eigenvalue weighted by Gasteiger charge is -2.37. The van der Waals surface area contributed by atoms with Crippen LogP contribution in [0.15, 0.2) is 30.3 Å². The summed E-state index contributed by atoms with van der Waals surface area (Å²) >= 11 is 0. The number of piperidine rings is 1. The summed E-state index contributed by atoms with van der Waals surface area (Å²) in [5.74, 6) is 0. The van der Waals surface area contributed by atoms with Crippen molar-refractivity contribution in [1.82, 2.24) is 10.2 Å². The van der Waals surface area contributed by atoms with Crippen LogP contribution in [0.4, 0.5) is 0 Å². The molecule has 0 amide bonds. The molecule has 3 atom stereocenters. The summed E-state index contributed by atoms with van der Waals surface area (Å²) in [6, 6.07) is 13.2. The normalized spacial score (nSPS) is 27.5. The fraction of sp³-hybridized carbons (Fsp3) is 0.684. The van der Waals surface area contributed by atoms with Gasteiger partial charge in [0.05, 0.1) is 0 Å². The number of benzene rings is 1. The van der Waals surface area contributed by atoms with E-state index >= 15 is 0 Å². The van der Waals surface area contributed by atoms with Gasteiger partial charge < -0.3 is 10.2 Å². The van der Waals surface area contributed by atoms with Gasteiger partial charge in [0.2, 0.25) is 0 Å². The molecule has 1 aromatic carbocycles. The first-order valence-electron chi connectivity index (χ1n) is 8.92. The van der Waals surface area contributed by atoms with Gasteiger partial charge in [-0.05, 0) is 50.8 Å². The van der Waals surface area contributed by atoms with Crippen LogP contribution in [0.5, 0.6) is 0 Å². The Balaban J connectivity index is 1.61. The highest BCUT2D eigenvalue weighted by atomic mass is 15.2. The van der Waals surface area contributed by atoms with Crippen LogP contribution < -0.4 is 5.32 Å². The molecule has 2 saturated heterocycles. The molecule has 1 N–H and O–H groups in total. The Morgan fingerprint density at radius 1 is 1.19 bits per heavy atom. The van der Waals surface area contributed by atoms with Crippen LogP contribution in [0, 0.1) is 0 Å². The van der Waals surface area contributed by atoms with E-state index in [0.717, 1.165) is 6.04 Å². The zero-order chi connectivity index (χ0) is 14.5. The van der Waals surface area contributed by atoms with Crippen LogP contribution in [0.3, 0.4) is 0 Å². The average Bonchev–Trinajstić information content (AvgIpc) is 3.00. The van der Waals surface area contributed by atoms with Crippen molar-refractivity contribution in [3.05, 3.63) is 35.9 Å². The molecule has 0 bridgehead atoms. The standard InChI is InChI=1S/C19H30N2/c1-2-3-11-19(16-8-5-4-6-9-16)20-17-12-14-21-13-7-10-18(21)15-17/h4-6,8-9,17-20H,2-3,7,10-15H2,1H3. The Morgan fingerprint density at radius 2 is 2.05 bits per heavy atom. The lowest BCUT2D eigenvalue weighted by atomic mass is 9.94. The second-order valence-electron chi connectivity index (χ2n) is 6.83. The Hall–Kier alpha value is -0.860. The van der Waals surface area contributed by atoms with Crippen LogP contribution in [0.1, 0.15) is 63.5 Å². The zero-order valence-electron chi connectivity index (χ0n) is 13.4. The number of nitrogens with zero attached hydrogens (tertiary/aromatic N) is 1. The number of fused-ring (bicyclic) bond motifs is 1. The Labute approximate surface area is 129 Å². The summed E-state index contributed by atoms with van der Waals surface area (Å²) in [7, 11) is 0. The minimum absolute atomic E-state index is 0.545. The lowest BCUT2D eigenvalue weighted by molar-refractivity contribution is 0.159. The SMILES string of the molecule is CCCCC(NC1CCN2CCCC2C1)c1ccccc1. The molecule has 0 radical (unpaired) electrons.